The number of thiol groups is 1. The summed E-state index contributed by atoms with van der Waals surface area (Å²) in [5.41, 5.74) is 38.5. The molecule has 0 aliphatic rings. The number of amides is 10. The molecule has 0 saturated heterocycles. The molecule has 0 aliphatic heterocycles. The average Bonchev–Trinajstić information content (AvgIpc) is 3.24. The van der Waals surface area contributed by atoms with E-state index in [1.165, 1.54) is 0 Å². The van der Waals surface area contributed by atoms with Gasteiger partial charge in [0.25, 0.3) is 5.97 Å². The molecule has 29 N–H and O–H groups in total. The Hall–Kier alpha value is -9.14. The third-order valence-electron chi connectivity index (χ3n) is 11.8. The van der Waals surface area contributed by atoms with Gasteiger partial charge in [-0.15, -0.1) is 0 Å². The maximum atomic E-state index is 14.0. The molecule has 0 saturated carbocycles. The summed E-state index contributed by atoms with van der Waals surface area (Å²) in [5, 5.41) is 70.4. The van der Waals surface area contributed by atoms with Crippen LogP contribution in [0.4, 0.5) is 0 Å². The highest BCUT2D eigenvalue weighted by Gasteiger charge is 2.34. The van der Waals surface area contributed by atoms with Gasteiger partial charge in [0.2, 0.25) is 59.1 Å². The lowest BCUT2D eigenvalue weighted by molar-refractivity contribution is -0.142. The van der Waals surface area contributed by atoms with Crippen molar-refractivity contribution in [2.45, 2.75) is 127 Å². The predicted octanol–water partition coefficient (Wildman–Crippen LogP) is -10.0. The minimum Gasteiger partial charge on any atom is -0.481 e. The van der Waals surface area contributed by atoms with E-state index in [1.807, 2.05) is 0 Å². The Kier molecular flexibility index (Phi) is 39.8. The van der Waals surface area contributed by atoms with Crippen LogP contribution in [0.25, 0.3) is 0 Å². The second-order valence-electron chi connectivity index (χ2n) is 19.9. The van der Waals surface area contributed by atoms with E-state index in [0.717, 1.165) is 6.92 Å². The maximum Gasteiger partial charge on any atom is 0.326 e. The first-order chi connectivity index (χ1) is 41.9. The molecule has 10 amide bonds. The molecular weight excluding hydrogens is 1200 g/mol. The fraction of sp³-hybridized carbons (Fsp3) is 0.588. The number of carboxylic acid groups (broad SMARTS) is 2. The molecule has 38 heteroatoms. The van der Waals surface area contributed by atoms with Crippen molar-refractivity contribution in [1.29, 1.82) is 0 Å². The number of guanidine groups is 3. The van der Waals surface area contributed by atoms with E-state index >= 15 is 0 Å². The lowest BCUT2D eigenvalue weighted by atomic mass is 10.0. The van der Waals surface area contributed by atoms with Crippen molar-refractivity contribution >= 4 is 102 Å². The van der Waals surface area contributed by atoms with E-state index in [2.05, 4.69) is 80.8 Å². The van der Waals surface area contributed by atoms with E-state index in [1.54, 1.807) is 44.2 Å². The van der Waals surface area contributed by atoms with Crippen molar-refractivity contribution in [3.8, 4) is 0 Å². The number of aliphatic imine (C=N–C) groups is 3. The van der Waals surface area contributed by atoms with Crippen molar-refractivity contribution in [1.82, 2.24) is 53.2 Å². The van der Waals surface area contributed by atoms with Gasteiger partial charge in [-0.2, -0.15) is 12.6 Å². The van der Waals surface area contributed by atoms with Gasteiger partial charge in [0.15, 0.2) is 17.9 Å². The monoisotopic (exact) mass is 1280 g/mol. The first-order valence-corrected chi connectivity index (χ1v) is 28.3. The van der Waals surface area contributed by atoms with E-state index in [9.17, 15) is 73.2 Å². The number of hydrogen-bond donors (Lipinski definition) is 23. The second-order valence-corrected chi connectivity index (χ2v) is 20.3. The largest absolute Gasteiger partial charge is 0.481 e. The Bertz CT molecular complexity index is 2570. The quantitative estimate of drug-likeness (QED) is 0.0125. The molecule has 0 fully saturated rings. The van der Waals surface area contributed by atoms with Crippen molar-refractivity contribution in [3.63, 3.8) is 0 Å². The number of aliphatic hydroxyl groups excluding tert-OH is 3. The van der Waals surface area contributed by atoms with E-state index in [0.29, 0.717) is 5.56 Å². The van der Waals surface area contributed by atoms with Crippen LogP contribution in [0, 0.1) is 5.92 Å². The zero-order valence-corrected chi connectivity index (χ0v) is 50.5. The number of nitrogens with two attached hydrogens (primary N) is 7. The van der Waals surface area contributed by atoms with Crippen LogP contribution < -0.4 is 93.3 Å². The lowest BCUT2D eigenvalue weighted by Crippen LogP contribution is -2.61. The molecule has 0 bridgehead atoms. The molecule has 9 atom stereocenters. The van der Waals surface area contributed by atoms with Gasteiger partial charge in [-0.05, 0) is 56.4 Å². The van der Waals surface area contributed by atoms with Crippen molar-refractivity contribution in [3.05, 3.63) is 35.9 Å². The van der Waals surface area contributed by atoms with Crippen LogP contribution in [0.2, 0.25) is 0 Å². The van der Waals surface area contributed by atoms with Gasteiger partial charge in [0, 0.05) is 38.7 Å². The van der Waals surface area contributed by atoms with Crippen LogP contribution in [-0.4, -0.2) is 227 Å². The highest BCUT2D eigenvalue weighted by atomic mass is 32.1. The normalized spacial score (nSPS) is 13.6. The highest BCUT2D eigenvalue weighted by molar-refractivity contribution is 7.80. The van der Waals surface area contributed by atoms with Crippen LogP contribution in [0.3, 0.4) is 0 Å². The molecule has 0 radical (unpaired) electrons. The molecule has 0 aliphatic carbocycles. The maximum absolute atomic E-state index is 14.0. The topological polar surface area (TPSA) is 646 Å². The molecule has 89 heavy (non-hydrogen) atoms. The first-order valence-electron chi connectivity index (χ1n) is 27.7. The van der Waals surface area contributed by atoms with E-state index < -0.39 is 164 Å². The molecule has 37 nitrogen and oxygen atoms in total. The average molecular weight is 1290 g/mol. The Labute approximate surface area is 517 Å². The van der Waals surface area contributed by atoms with Gasteiger partial charge in [-0.1, -0.05) is 44.2 Å². The number of aliphatic hydroxyl groups is 3. The van der Waals surface area contributed by atoms with Crippen molar-refractivity contribution in [2.24, 2.45) is 61.0 Å². The Morgan fingerprint density at radius 2 is 0.843 bits per heavy atom. The molecule has 1 rings (SSSR count). The second kappa shape index (κ2) is 44.3. The van der Waals surface area contributed by atoms with Gasteiger partial charge in [0.05, 0.1) is 32.9 Å². The SMILES string of the molecule is CC(=O)O.CC(C)C[C@H](NC(=O)[C@@H](N)CO)C(=O)N[C@@H](CCCN=C(N)N)C(=O)N[C@@H](CCCN=C(N)N)C(=O)N[C@@H](CO)C(=O)N[C@@H](CO)C(=O)N[C@@H](CS)C(=O)N[C@@H](Cc1ccccc1)C(=O)NCC(=O)NCC(=O)N[C@@H](CCCN=C(N)N)C(=O)O. The summed E-state index contributed by atoms with van der Waals surface area (Å²) in [6, 6.07) is -5.31. The summed E-state index contributed by atoms with van der Waals surface area (Å²) >= 11 is 4.16. The summed E-state index contributed by atoms with van der Waals surface area (Å²) in [7, 11) is 0. The van der Waals surface area contributed by atoms with Crippen LogP contribution in [0.5, 0.6) is 0 Å². The molecule has 0 aromatic heterocycles. The fourth-order valence-electron chi connectivity index (χ4n) is 7.42. The van der Waals surface area contributed by atoms with E-state index in [-0.39, 0.29) is 94.8 Å². The summed E-state index contributed by atoms with van der Waals surface area (Å²) in [6.07, 6.45) is -0.0984. The van der Waals surface area contributed by atoms with Crippen molar-refractivity contribution in [2.75, 3.05) is 58.3 Å². The van der Waals surface area contributed by atoms with Gasteiger partial charge in [0.1, 0.15) is 54.4 Å². The number of nitrogens with zero attached hydrogens (tertiary/aromatic N) is 3. The third kappa shape index (κ3) is 35.9. The van der Waals surface area contributed by atoms with Gasteiger partial charge >= 0.3 is 5.97 Å². The lowest BCUT2D eigenvalue weighted by Gasteiger charge is -2.27. The van der Waals surface area contributed by atoms with E-state index in [4.69, 9.17) is 50.0 Å². The molecule has 1 aromatic rings. The zero-order valence-electron chi connectivity index (χ0n) is 49.6. The first kappa shape index (κ1) is 79.9. The van der Waals surface area contributed by atoms with Crippen LogP contribution in [0.15, 0.2) is 45.3 Å². The molecule has 1 aromatic carbocycles. The molecule has 0 heterocycles. The van der Waals surface area contributed by atoms with Crippen molar-refractivity contribution < 1.29 is 83.1 Å². The Morgan fingerprint density at radius 1 is 0.472 bits per heavy atom. The minimum atomic E-state index is -1.87. The number of hydrogen-bond acceptors (Lipinski definition) is 20. The smallest absolute Gasteiger partial charge is 0.326 e. The number of carbonyl (C=O) groups is 12. The fourth-order valence-corrected chi connectivity index (χ4v) is 7.68. The standard InChI is InChI=1S/C49H84N20O15S.C2H4O2/c1-25(2)17-31(65-38(75)27(50)21-70)42(79)64-28(11-6-14-57-47(51)52)40(77)63-29(12-7-15-58-48(53)54)41(78)67-33(22-71)43(80)68-34(23-72)44(81)69-35(24-85)45(82)66-32(18-26-9-4-3-5-10-26)39(76)61-19-36(73)60-20-37(74)62-30(46(83)84)13-8-16-59-49(55)56;1-2(3)4/h3-5,9-10,25,27-35,70-72,85H,6-8,11-24,50H2,1-2H3,(H,60,73)(H,61,76)(H,62,74)(H,63,77)(H,64,79)(H,65,75)(H,66,82)(H,67,78)(H,68,80)(H,69,81)(H,83,84)(H4,51,52,57)(H4,53,54,58)(H4,55,56,59);1H3,(H,3,4)/t27-,28-,29-,30-,31-,32-,33-,34-,35-;/m0./s1. The number of benzene rings is 1. The predicted molar refractivity (Wildman–Crippen MR) is 325 cm³/mol. The highest BCUT2D eigenvalue weighted by Crippen LogP contribution is 2.10. The number of nitrogens with one attached hydrogen (secondary N) is 10. The molecular formula is C51H88N20O17S. The van der Waals surface area contributed by atoms with Gasteiger partial charge in [-0.25, -0.2) is 4.79 Å². The minimum absolute atomic E-state index is 0.00239. The summed E-state index contributed by atoms with van der Waals surface area (Å²) in [4.78, 5) is 166. The Balaban J connectivity index is 0.0000187. The third-order valence-corrected chi connectivity index (χ3v) is 12.2. The number of carbonyl (C=O) groups excluding carboxylic acids is 10. The molecule has 0 spiro atoms. The number of rotatable bonds is 41. The van der Waals surface area contributed by atoms with Crippen LogP contribution in [-0.2, 0) is 64.0 Å². The Morgan fingerprint density at radius 3 is 1.25 bits per heavy atom. The summed E-state index contributed by atoms with van der Waals surface area (Å²) < 4.78 is 0. The van der Waals surface area contributed by atoms with Crippen LogP contribution >= 0.6 is 12.6 Å². The van der Waals surface area contributed by atoms with Gasteiger partial charge < -0.3 is 119 Å². The number of aliphatic carboxylic acids is 2. The molecule has 500 valence electrons. The number of carboxylic acids is 2. The zero-order chi connectivity index (χ0) is 67.8. The van der Waals surface area contributed by atoms with Crippen LogP contribution in [0.1, 0.15) is 71.3 Å². The van der Waals surface area contributed by atoms with Gasteiger partial charge in [-0.3, -0.25) is 67.7 Å². The summed E-state index contributed by atoms with van der Waals surface area (Å²) in [5.74, 6) is -13.3. The summed E-state index contributed by atoms with van der Waals surface area (Å²) in [6.45, 7) is 0.335. The molecule has 0 unspecified atom stereocenters.